The van der Waals surface area contributed by atoms with Gasteiger partial charge in [0.1, 0.15) is 18.3 Å². The van der Waals surface area contributed by atoms with Crippen molar-refractivity contribution in [2.75, 3.05) is 13.2 Å². The molecule has 142 valence electrons. The van der Waals surface area contributed by atoms with E-state index in [-0.39, 0.29) is 12.5 Å². The van der Waals surface area contributed by atoms with Crippen LogP contribution in [0.25, 0.3) is 0 Å². The van der Waals surface area contributed by atoms with Gasteiger partial charge in [-0.3, -0.25) is 9.09 Å². The quantitative estimate of drug-likeness (QED) is 0.380. The van der Waals surface area contributed by atoms with E-state index >= 15 is 0 Å². The van der Waals surface area contributed by atoms with Crippen LogP contribution in [-0.2, 0) is 18.3 Å². The first-order valence-electron chi connectivity index (χ1n) is 8.06. The molecule has 0 saturated carbocycles. The van der Waals surface area contributed by atoms with Gasteiger partial charge in [-0.05, 0) is 39.0 Å². The van der Waals surface area contributed by atoms with Crippen LogP contribution in [0.2, 0.25) is 0 Å². The maximum absolute atomic E-state index is 11.8. The van der Waals surface area contributed by atoms with Crippen LogP contribution in [0.3, 0.4) is 0 Å². The fraction of sp³-hybridized carbons (Fsp3) is 0.867. The van der Waals surface area contributed by atoms with Crippen LogP contribution in [0.4, 0.5) is 0 Å². The van der Waals surface area contributed by atoms with Crippen molar-refractivity contribution in [3.05, 3.63) is 11.6 Å². The van der Waals surface area contributed by atoms with Gasteiger partial charge < -0.3 is 29.5 Å². The highest BCUT2D eigenvalue weighted by Gasteiger charge is 2.44. The lowest BCUT2D eigenvalue weighted by molar-refractivity contribution is -0.249. The molecule has 3 N–H and O–H groups in total. The first kappa shape index (κ1) is 21.7. The summed E-state index contributed by atoms with van der Waals surface area (Å²) in [7, 11) is -4.68. The number of hydrogen-bond acceptors (Lipinski definition) is 8. The standard InChI is InChI=1S/C15H29O8P/c1-10(2)5-4-6-11(3)7-8-21-24(19,20)23-15-14(18)13(17)12(9-16)22-15/h5,11-18H,4,6-9H2,1-3H3,(H,19,20)/p-1/t11?,12-,13-,14+,15+/m1/s1. The number of rotatable bonds is 10. The normalized spacial score (nSPS) is 30.8. The fourth-order valence-electron chi connectivity index (χ4n) is 2.28. The molecule has 2 unspecified atom stereocenters. The van der Waals surface area contributed by atoms with Gasteiger partial charge in [0, 0.05) is 0 Å². The zero-order valence-electron chi connectivity index (χ0n) is 14.3. The van der Waals surface area contributed by atoms with E-state index in [2.05, 4.69) is 10.6 Å². The third-order valence-corrected chi connectivity index (χ3v) is 4.77. The lowest BCUT2D eigenvalue weighted by Gasteiger charge is -2.27. The Kier molecular flexibility index (Phi) is 9.05. The van der Waals surface area contributed by atoms with E-state index in [1.807, 2.05) is 20.8 Å². The molecule has 0 aromatic heterocycles. The maximum atomic E-state index is 11.8. The number of hydrogen-bond donors (Lipinski definition) is 3. The first-order chi connectivity index (χ1) is 11.2. The molecule has 9 heteroatoms. The van der Waals surface area contributed by atoms with E-state index in [1.165, 1.54) is 5.57 Å². The monoisotopic (exact) mass is 367 g/mol. The van der Waals surface area contributed by atoms with Gasteiger partial charge in [-0.15, -0.1) is 0 Å². The average molecular weight is 367 g/mol. The smallest absolute Gasteiger partial charge is 0.270 e. The summed E-state index contributed by atoms with van der Waals surface area (Å²) >= 11 is 0. The molecule has 0 aromatic carbocycles. The van der Waals surface area contributed by atoms with Crippen LogP contribution in [0.5, 0.6) is 0 Å². The molecule has 0 amide bonds. The predicted molar refractivity (Wildman–Crippen MR) is 84.8 cm³/mol. The number of aliphatic hydroxyl groups excluding tert-OH is 3. The Labute approximate surface area is 142 Å². The van der Waals surface area contributed by atoms with Crippen molar-refractivity contribution >= 4 is 7.82 Å². The van der Waals surface area contributed by atoms with Gasteiger partial charge in [-0.2, -0.15) is 0 Å². The summed E-state index contributed by atoms with van der Waals surface area (Å²) in [4.78, 5) is 11.8. The molecular weight excluding hydrogens is 339 g/mol. The minimum absolute atomic E-state index is 0.0361. The summed E-state index contributed by atoms with van der Waals surface area (Å²) in [5.74, 6) is 0.287. The van der Waals surface area contributed by atoms with Gasteiger partial charge >= 0.3 is 0 Å². The molecule has 1 fully saturated rings. The van der Waals surface area contributed by atoms with Gasteiger partial charge in [0.15, 0.2) is 6.29 Å². The van der Waals surface area contributed by atoms with Gasteiger partial charge in [-0.25, -0.2) is 0 Å². The third kappa shape index (κ3) is 7.29. The number of aliphatic hydroxyl groups is 3. The lowest BCUT2D eigenvalue weighted by atomic mass is 10.0. The van der Waals surface area contributed by atoms with Crippen LogP contribution in [-0.4, -0.2) is 53.1 Å². The molecule has 1 saturated heterocycles. The van der Waals surface area contributed by atoms with Crippen molar-refractivity contribution in [2.45, 2.75) is 64.6 Å². The van der Waals surface area contributed by atoms with Gasteiger partial charge in [0.2, 0.25) is 0 Å². The van der Waals surface area contributed by atoms with Crippen molar-refractivity contribution in [3.8, 4) is 0 Å². The van der Waals surface area contributed by atoms with Crippen molar-refractivity contribution in [1.82, 2.24) is 0 Å². The van der Waals surface area contributed by atoms with E-state index in [1.54, 1.807) is 0 Å². The minimum Gasteiger partial charge on any atom is -0.756 e. The summed E-state index contributed by atoms with van der Waals surface area (Å²) in [6, 6.07) is 0. The molecule has 8 nitrogen and oxygen atoms in total. The molecule has 6 atom stereocenters. The van der Waals surface area contributed by atoms with Gasteiger partial charge in [-0.1, -0.05) is 18.6 Å². The number of phosphoric acid groups is 1. The topological polar surface area (TPSA) is 129 Å². The highest BCUT2D eigenvalue weighted by Crippen LogP contribution is 2.43. The Morgan fingerprint density at radius 2 is 2.00 bits per heavy atom. The molecule has 24 heavy (non-hydrogen) atoms. The Balaban J connectivity index is 2.34. The van der Waals surface area contributed by atoms with E-state index in [9.17, 15) is 19.7 Å². The number of ether oxygens (including phenoxy) is 1. The average Bonchev–Trinajstić information content (AvgIpc) is 2.74. The van der Waals surface area contributed by atoms with Crippen LogP contribution >= 0.6 is 7.82 Å². The van der Waals surface area contributed by atoms with Crippen molar-refractivity contribution < 1.29 is 38.6 Å². The van der Waals surface area contributed by atoms with Crippen LogP contribution in [0.1, 0.15) is 40.0 Å². The Morgan fingerprint density at radius 1 is 1.33 bits per heavy atom. The number of allylic oxidation sites excluding steroid dienone is 2. The zero-order chi connectivity index (χ0) is 18.3. The Hall–Kier alpha value is -0.310. The van der Waals surface area contributed by atoms with Crippen molar-refractivity contribution in [1.29, 1.82) is 0 Å². The summed E-state index contributed by atoms with van der Waals surface area (Å²) in [6.45, 7) is 5.45. The summed E-state index contributed by atoms with van der Waals surface area (Å²) in [6.07, 6.45) is -1.16. The number of phosphoric ester groups is 1. The summed E-state index contributed by atoms with van der Waals surface area (Å²) in [5.41, 5.74) is 1.24. The lowest BCUT2D eigenvalue weighted by Crippen LogP contribution is -2.34. The molecule has 1 aliphatic heterocycles. The van der Waals surface area contributed by atoms with Crippen molar-refractivity contribution in [2.24, 2.45) is 5.92 Å². The molecule has 0 bridgehead atoms. The molecule has 1 aliphatic rings. The Morgan fingerprint density at radius 3 is 2.54 bits per heavy atom. The fourth-order valence-corrected chi connectivity index (χ4v) is 3.10. The molecule has 0 aromatic rings. The second-order valence-electron chi connectivity index (χ2n) is 6.35. The van der Waals surface area contributed by atoms with Crippen LogP contribution in [0.15, 0.2) is 11.6 Å². The summed E-state index contributed by atoms with van der Waals surface area (Å²) in [5, 5.41) is 28.1. The second kappa shape index (κ2) is 9.99. The van der Waals surface area contributed by atoms with Gasteiger partial charge in [0.05, 0.1) is 13.2 Å². The SMILES string of the molecule is CC(C)=CCCC(C)CCOP(=O)([O-])O[C@@H]1O[C@H](CO)[C@@H](O)[C@@H]1O. The van der Waals surface area contributed by atoms with Crippen molar-refractivity contribution in [3.63, 3.8) is 0 Å². The third-order valence-electron chi connectivity index (χ3n) is 3.80. The van der Waals surface area contributed by atoms with Crippen LogP contribution < -0.4 is 4.89 Å². The highest BCUT2D eigenvalue weighted by molar-refractivity contribution is 7.45. The second-order valence-corrected chi connectivity index (χ2v) is 7.71. The minimum atomic E-state index is -4.68. The molecule has 1 heterocycles. The van der Waals surface area contributed by atoms with E-state index < -0.39 is 39.0 Å². The van der Waals surface area contributed by atoms with Gasteiger partial charge in [0.25, 0.3) is 7.82 Å². The molecule has 0 radical (unpaired) electrons. The Bertz CT molecular complexity index is 451. The largest absolute Gasteiger partial charge is 0.756 e. The molecule has 1 rings (SSSR count). The van der Waals surface area contributed by atoms with Crippen LogP contribution in [0, 0.1) is 5.92 Å². The maximum Gasteiger partial charge on any atom is 0.270 e. The van der Waals surface area contributed by atoms with E-state index in [0.717, 1.165) is 12.8 Å². The zero-order valence-corrected chi connectivity index (χ0v) is 15.2. The molecular formula is C15H28O8P-. The summed E-state index contributed by atoms with van der Waals surface area (Å²) < 4.78 is 26.1. The highest BCUT2D eigenvalue weighted by atomic mass is 31.2. The molecule has 0 aliphatic carbocycles. The first-order valence-corrected chi connectivity index (χ1v) is 9.52. The van der Waals surface area contributed by atoms with E-state index in [4.69, 9.17) is 14.4 Å². The van der Waals surface area contributed by atoms with E-state index in [0.29, 0.717) is 6.42 Å². The predicted octanol–water partition coefficient (Wildman–Crippen LogP) is 0.700. The molecule has 0 spiro atoms.